The van der Waals surface area contributed by atoms with E-state index >= 15 is 0 Å². The van der Waals surface area contributed by atoms with Crippen molar-refractivity contribution in [2.75, 3.05) is 26.9 Å². The Morgan fingerprint density at radius 2 is 2.40 bits per heavy atom. The number of aliphatic hydroxyl groups is 1. The summed E-state index contributed by atoms with van der Waals surface area (Å²) in [7, 11) is 1.65. The number of methoxy groups -OCH3 is 1. The molecule has 1 atom stereocenters. The lowest BCUT2D eigenvalue weighted by Crippen LogP contribution is -2.17. The molecule has 84 valence electrons. The van der Waals surface area contributed by atoms with Crippen molar-refractivity contribution in [3.05, 3.63) is 24.5 Å². The summed E-state index contributed by atoms with van der Waals surface area (Å²) in [5.74, 6) is 0.846. The van der Waals surface area contributed by atoms with Crippen LogP contribution in [0.4, 0.5) is 0 Å². The van der Waals surface area contributed by atoms with Crippen LogP contribution < -0.4 is 4.74 Å². The zero-order valence-corrected chi connectivity index (χ0v) is 8.93. The van der Waals surface area contributed by atoms with E-state index in [1.165, 1.54) is 0 Å². The van der Waals surface area contributed by atoms with Gasteiger partial charge in [0.25, 0.3) is 0 Å². The first-order valence-corrected chi connectivity index (χ1v) is 4.99. The van der Waals surface area contributed by atoms with Crippen molar-refractivity contribution in [1.29, 1.82) is 0 Å². The highest BCUT2D eigenvalue weighted by Gasteiger charge is 2.08. The third kappa shape index (κ3) is 4.76. The molecule has 1 aromatic heterocycles. The molecule has 15 heavy (non-hydrogen) atoms. The SMILES string of the molecule is COCCC(CO)COc1cccnc1. The van der Waals surface area contributed by atoms with Gasteiger partial charge >= 0.3 is 0 Å². The van der Waals surface area contributed by atoms with Crippen molar-refractivity contribution < 1.29 is 14.6 Å². The molecule has 0 amide bonds. The summed E-state index contributed by atoms with van der Waals surface area (Å²) < 4.78 is 10.4. The molecular weight excluding hydrogens is 194 g/mol. The molecule has 0 aliphatic heterocycles. The van der Waals surface area contributed by atoms with E-state index in [2.05, 4.69) is 4.98 Å². The average molecular weight is 211 g/mol. The molecule has 0 aliphatic carbocycles. The molecule has 0 saturated heterocycles. The van der Waals surface area contributed by atoms with Gasteiger partial charge in [-0.2, -0.15) is 0 Å². The van der Waals surface area contributed by atoms with Crippen LogP contribution in [0.15, 0.2) is 24.5 Å². The lowest BCUT2D eigenvalue weighted by molar-refractivity contribution is 0.115. The van der Waals surface area contributed by atoms with Gasteiger partial charge in [0.15, 0.2) is 0 Å². The third-order valence-corrected chi connectivity index (χ3v) is 2.11. The molecule has 1 N–H and O–H groups in total. The van der Waals surface area contributed by atoms with Gasteiger partial charge in [0.2, 0.25) is 0 Å². The fourth-order valence-electron chi connectivity index (χ4n) is 1.16. The summed E-state index contributed by atoms with van der Waals surface area (Å²) in [6.07, 6.45) is 4.15. The van der Waals surface area contributed by atoms with Crippen LogP contribution in [0.5, 0.6) is 5.75 Å². The van der Waals surface area contributed by atoms with Gasteiger partial charge in [0, 0.05) is 32.4 Å². The van der Waals surface area contributed by atoms with Crippen LogP contribution in [0.25, 0.3) is 0 Å². The second kappa shape index (κ2) is 7.20. The molecule has 4 nitrogen and oxygen atoms in total. The number of aliphatic hydroxyl groups excluding tert-OH is 1. The smallest absolute Gasteiger partial charge is 0.137 e. The molecule has 0 aliphatic rings. The summed E-state index contributed by atoms with van der Waals surface area (Å²) in [5, 5.41) is 9.08. The van der Waals surface area contributed by atoms with Crippen molar-refractivity contribution in [2.24, 2.45) is 5.92 Å². The summed E-state index contributed by atoms with van der Waals surface area (Å²) >= 11 is 0. The average Bonchev–Trinajstić information content (AvgIpc) is 2.31. The zero-order valence-electron chi connectivity index (χ0n) is 8.93. The van der Waals surface area contributed by atoms with Crippen LogP contribution in [-0.2, 0) is 4.74 Å². The Hall–Kier alpha value is -1.13. The van der Waals surface area contributed by atoms with Gasteiger partial charge in [0.05, 0.1) is 12.8 Å². The number of nitrogens with zero attached hydrogens (tertiary/aromatic N) is 1. The molecule has 1 aromatic rings. The molecule has 0 bridgehead atoms. The fourth-order valence-corrected chi connectivity index (χ4v) is 1.16. The minimum absolute atomic E-state index is 0.115. The second-order valence-corrected chi connectivity index (χ2v) is 3.33. The van der Waals surface area contributed by atoms with Crippen LogP contribution in [-0.4, -0.2) is 37.0 Å². The summed E-state index contributed by atoms with van der Waals surface area (Å²) in [6.45, 7) is 1.25. The standard InChI is InChI=1S/C11H17NO3/c1-14-6-4-10(8-13)9-15-11-3-2-5-12-7-11/h2-3,5,7,10,13H,4,6,8-9H2,1H3. The van der Waals surface area contributed by atoms with E-state index < -0.39 is 0 Å². The Morgan fingerprint density at radius 1 is 1.53 bits per heavy atom. The van der Waals surface area contributed by atoms with Crippen molar-refractivity contribution in [1.82, 2.24) is 4.98 Å². The van der Waals surface area contributed by atoms with E-state index in [9.17, 15) is 0 Å². The Bertz CT molecular complexity index is 253. The Kier molecular flexibility index (Phi) is 5.73. The molecule has 1 rings (SSSR count). The van der Waals surface area contributed by atoms with Crippen molar-refractivity contribution in [3.8, 4) is 5.75 Å². The molecule has 0 aromatic carbocycles. The number of aromatic nitrogens is 1. The number of rotatable bonds is 7. The van der Waals surface area contributed by atoms with Crippen LogP contribution in [0.1, 0.15) is 6.42 Å². The van der Waals surface area contributed by atoms with E-state index in [4.69, 9.17) is 14.6 Å². The van der Waals surface area contributed by atoms with Crippen LogP contribution in [0, 0.1) is 5.92 Å². The third-order valence-electron chi connectivity index (χ3n) is 2.11. The first kappa shape index (κ1) is 11.9. The zero-order chi connectivity index (χ0) is 10.9. The summed E-state index contributed by atoms with van der Waals surface area (Å²) in [5.41, 5.74) is 0. The fraction of sp³-hybridized carbons (Fsp3) is 0.545. The van der Waals surface area contributed by atoms with Gasteiger partial charge in [-0.15, -0.1) is 0 Å². The minimum atomic E-state index is 0.115. The predicted molar refractivity (Wildman–Crippen MR) is 56.8 cm³/mol. The van der Waals surface area contributed by atoms with Gasteiger partial charge < -0.3 is 14.6 Å². The largest absolute Gasteiger partial charge is 0.492 e. The van der Waals surface area contributed by atoms with E-state index in [1.54, 1.807) is 19.5 Å². The summed E-state index contributed by atoms with van der Waals surface area (Å²) in [6, 6.07) is 3.66. The molecule has 0 saturated carbocycles. The molecule has 1 unspecified atom stereocenters. The number of ether oxygens (including phenoxy) is 2. The second-order valence-electron chi connectivity index (χ2n) is 3.33. The summed E-state index contributed by atoms with van der Waals surface area (Å²) in [4.78, 5) is 3.94. The quantitative estimate of drug-likeness (QED) is 0.734. The first-order chi connectivity index (χ1) is 7.36. The molecular formula is C11H17NO3. The molecule has 1 heterocycles. The lowest BCUT2D eigenvalue weighted by Gasteiger charge is -2.14. The van der Waals surface area contributed by atoms with Gasteiger partial charge in [-0.05, 0) is 18.6 Å². The lowest BCUT2D eigenvalue weighted by atomic mass is 10.1. The number of pyridine rings is 1. The van der Waals surface area contributed by atoms with Crippen LogP contribution in [0.2, 0.25) is 0 Å². The van der Waals surface area contributed by atoms with Gasteiger partial charge in [0.1, 0.15) is 5.75 Å². The number of hydrogen-bond acceptors (Lipinski definition) is 4. The van der Waals surface area contributed by atoms with E-state index in [0.717, 1.165) is 12.2 Å². The Balaban J connectivity index is 2.28. The van der Waals surface area contributed by atoms with Gasteiger partial charge in [-0.1, -0.05) is 0 Å². The molecule has 4 heteroatoms. The topological polar surface area (TPSA) is 51.6 Å². The van der Waals surface area contributed by atoms with Crippen molar-refractivity contribution in [2.45, 2.75) is 6.42 Å². The molecule has 0 spiro atoms. The highest BCUT2D eigenvalue weighted by Crippen LogP contribution is 2.10. The van der Waals surface area contributed by atoms with E-state index in [0.29, 0.717) is 13.2 Å². The Morgan fingerprint density at radius 3 is 3.00 bits per heavy atom. The highest BCUT2D eigenvalue weighted by molar-refractivity contribution is 5.15. The van der Waals surface area contributed by atoms with Crippen LogP contribution >= 0.6 is 0 Å². The normalized spacial score (nSPS) is 12.4. The Labute approximate surface area is 89.9 Å². The maximum absolute atomic E-state index is 9.08. The first-order valence-electron chi connectivity index (χ1n) is 4.99. The molecule has 0 radical (unpaired) electrons. The van der Waals surface area contributed by atoms with Crippen molar-refractivity contribution >= 4 is 0 Å². The predicted octanol–water partition coefficient (Wildman–Crippen LogP) is 1.11. The monoisotopic (exact) mass is 211 g/mol. The van der Waals surface area contributed by atoms with E-state index in [-0.39, 0.29) is 12.5 Å². The van der Waals surface area contributed by atoms with E-state index in [1.807, 2.05) is 12.1 Å². The number of hydrogen-bond donors (Lipinski definition) is 1. The van der Waals surface area contributed by atoms with Gasteiger partial charge in [-0.25, -0.2) is 0 Å². The molecule has 0 fully saturated rings. The maximum Gasteiger partial charge on any atom is 0.137 e. The minimum Gasteiger partial charge on any atom is -0.492 e. The van der Waals surface area contributed by atoms with Gasteiger partial charge in [-0.3, -0.25) is 4.98 Å². The maximum atomic E-state index is 9.08. The van der Waals surface area contributed by atoms with Crippen molar-refractivity contribution in [3.63, 3.8) is 0 Å². The highest BCUT2D eigenvalue weighted by atomic mass is 16.5. The van der Waals surface area contributed by atoms with Crippen LogP contribution in [0.3, 0.4) is 0 Å².